The SMILES string of the molecule is CCCNC(c1cc(Br)c(Br)s1)c1cc(Br)ccc1I. The fourth-order valence-corrected chi connectivity index (χ4v) is 5.10. The minimum absolute atomic E-state index is 0.229. The highest BCUT2D eigenvalue weighted by atomic mass is 127. The highest BCUT2D eigenvalue weighted by Gasteiger charge is 2.19. The Morgan fingerprint density at radius 2 is 2.00 bits per heavy atom. The molecule has 0 aliphatic rings. The average Bonchev–Trinajstić information content (AvgIpc) is 2.74. The Balaban J connectivity index is 2.43. The largest absolute Gasteiger partial charge is 0.306 e. The number of nitrogens with one attached hydrogen (secondary N) is 1. The van der Waals surface area contributed by atoms with Gasteiger partial charge >= 0.3 is 0 Å². The van der Waals surface area contributed by atoms with E-state index in [2.05, 4.69) is 107 Å². The Morgan fingerprint density at radius 3 is 2.60 bits per heavy atom. The first-order chi connectivity index (χ1) is 9.52. The molecule has 0 saturated carbocycles. The lowest BCUT2D eigenvalue weighted by Gasteiger charge is -2.19. The van der Waals surface area contributed by atoms with Gasteiger partial charge in [-0.1, -0.05) is 22.9 Å². The topological polar surface area (TPSA) is 12.0 Å². The first kappa shape index (κ1) is 17.4. The van der Waals surface area contributed by atoms with Crippen molar-refractivity contribution in [2.24, 2.45) is 0 Å². The maximum absolute atomic E-state index is 3.65. The summed E-state index contributed by atoms with van der Waals surface area (Å²) in [5, 5.41) is 3.65. The van der Waals surface area contributed by atoms with Gasteiger partial charge < -0.3 is 5.32 Å². The summed E-state index contributed by atoms with van der Waals surface area (Å²) in [7, 11) is 0. The van der Waals surface area contributed by atoms with E-state index >= 15 is 0 Å². The van der Waals surface area contributed by atoms with Crippen LogP contribution in [0.2, 0.25) is 0 Å². The molecule has 0 aliphatic heterocycles. The summed E-state index contributed by atoms with van der Waals surface area (Å²) in [6.45, 7) is 3.19. The molecule has 1 atom stereocenters. The predicted octanol–water partition coefficient (Wildman–Crippen LogP) is 6.73. The molecule has 1 heterocycles. The third-order valence-corrected chi connectivity index (χ3v) is 7.61. The van der Waals surface area contributed by atoms with Crippen molar-refractivity contribution >= 4 is 81.7 Å². The van der Waals surface area contributed by atoms with Crippen LogP contribution in [-0.2, 0) is 0 Å². The Kier molecular flexibility index (Phi) is 7.01. The zero-order valence-electron chi connectivity index (χ0n) is 10.7. The third kappa shape index (κ3) is 4.29. The fourth-order valence-electron chi connectivity index (χ4n) is 1.89. The minimum atomic E-state index is 0.229. The molecule has 0 spiro atoms. The van der Waals surface area contributed by atoms with Crippen LogP contribution in [0.15, 0.2) is 37.0 Å². The lowest BCUT2D eigenvalue weighted by Crippen LogP contribution is -2.23. The maximum atomic E-state index is 3.65. The number of halogens is 4. The van der Waals surface area contributed by atoms with Gasteiger partial charge in [-0.2, -0.15) is 0 Å². The molecule has 1 N–H and O–H groups in total. The van der Waals surface area contributed by atoms with Crippen LogP contribution in [0.4, 0.5) is 0 Å². The first-order valence-electron chi connectivity index (χ1n) is 6.16. The molecule has 0 bridgehead atoms. The Morgan fingerprint density at radius 1 is 1.25 bits per heavy atom. The molecule has 2 rings (SSSR count). The van der Waals surface area contributed by atoms with E-state index in [1.165, 1.54) is 14.0 Å². The Bertz CT molecular complexity index is 581. The summed E-state index contributed by atoms with van der Waals surface area (Å²) in [5.74, 6) is 0. The van der Waals surface area contributed by atoms with Crippen molar-refractivity contribution in [2.75, 3.05) is 6.54 Å². The summed E-state index contributed by atoms with van der Waals surface area (Å²) >= 11 is 14.9. The predicted molar refractivity (Wildman–Crippen MR) is 107 cm³/mol. The lowest BCUT2D eigenvalue weighted by molar-refractivity contribution is 0.603. The summed E-state index contributed by atoms with van der Waals surface area (Å²) < 4.78 is 4.65. The van der Waals surface area contributed by atoms with E-state index in [1.807, 2.05) is 0 Å². The molecule has 1 unspecified atom stereocenters. The molecule has 20 heavy (non-hydrogen) atoms. The standard InChI is InChI=1S/C14H13Br3INS/c1-2-5-19-13(12-7-10(16)14(17)20-12)9-6-8(15)3-4-11(9)18/h3-4,6-7,13,19H,2,5H2,1H3. The van der Waals surface area contributed by atoms with Crippen molar-refractivity contribution in [3.63, 3.8) is 0 Å². The van der Waals surface area contributed by atoms with Crippen LogP contribution in [0.1, 0.15) is 29.8 Å². The molecule has 0 radical (unpaired) electrons. The Labute approximate surface area is 162 Å². The monoisotopic (exact) mass is 591 g/mol. The molecule has 0 fully saturated rings. The zero-order chi connectivity index (χ0) is 14.7. The Hall–Kier alpha value is 1.05. The van der Waals surface area contributed by atoms with Gasteiger partial charge in [0.15, 0.2) is 0 Å². The van der Waals surface area contributed by atoms with E-state index in [-0.39, 0.29) is 6.04 Å². The van der Waals surface area contributed by atoms with Gasteiger partial charge in [0.25, 0.3) is 0 Å². The molecule has 2 aromatic rings. The number of hydrogen-bond donors (Lipinski definition) is 1. The summed E-state index contributed by atoms with van der Waals surface area (Å²) in [6.07, 6.45) is 1.12. The minimum Gasteiger partial charge on any atom is -0.306 e. The van der Waals surface area contributed by atoms with Gasteiger partial charge in [-0.15, -0.1) is 11.3 Å². The summed E-state index contributed by atoms with van der Waals surface area (Å²) in [4.78, 5) is 1.31. The first-order valence-corrected chi connectivity index (χ1v) is 10.4. The average molecular weight is 594 g/mol. The highest BCUT2D eigenvalue weighted by Crippen LogP contribution is 2.39. The molecule has 0 amide bonds. The van der Waals surface area contributed by atoms with Crippen molar-refractivity contribution in [3.8, 4) is 0 Å². The van der Waals surface area contributed by atoms with Crippen molar-refractivity contribution in [1.29, 1.82) is 0 Å². The van der Waals surface area contributed by atoms with Crippen LogP contribution in [-0.4, -0.2) is 6.54 Å². The van der Waals surface area contributed by atoms with Gasteiger partial charge in [0.05, 0.1) is 9.83 Å². The summed E-state index contributed by atoms with van der Waals surface area (Å²) in [6, 6.07) is 8.86. The highest BCUT2D eigenvalue weighted by molar-refractivity contribution is 14.1. The molecule has 1 aromatic carbocycles. The molecular formula is C14H13Br3INS. The number of benzene rings is 1. The second-order valence-electron chi connectivity index (χ2n) is 4.32. The third-order valence-electron chi connectivity index (χ3n) is 2.82. The molecule has 0 saturated heterocycles. The van der Waals surface area contributed by atoms with Crippen molar-refractivity contribution < 1.29 is 0 Å². The number of thiophene rings is 1. The van der Waals surface area contributed by atoms with E-state index in [4.69, 9.17) is 0 Å². The van der Waals surface area contributed by atoms with Crippen LogP contribution >= 0.6 is 81.7 Å². The summed E-state index contributed by atoms with van der Waals surface area (Å²) in [5.41, 5.74) is 1.31. The van der Waals surface area contributed by atoms with E-state index in [0.717, 1.165) is 25.7 Å². The van der Waals surface area contributed by atoms with Crippen molar-refractivity contribution in [2.45, 2.75) is 19.4 Å². The van der Waals surface area contributed by atoms with Crippen LogP contribution in [0.3, 0.4) is 0 Å². The molecular weight excluding hydrogens is 581 g/mol. The second kappa shape index (κ2) is 8.06. The van der Waals surface area contributed by atoms with Gasteiger partial charge in [0, 0.05) is 17.4 Å². The molecule has 1 nitrogen and oxygen atoms in total. The van der Waals surface area contributed by atoms with E-state index in [1.54, 1.807) is 11.3 Å². The zero-order valence-corrected chi connectivity index (χ0v) is 18.5. The van der Waals surface area contributed by atoms with Crippen LogP contribution in [0.5, 0.6) is 0 Å². The van der Waals surface area contributed by atoms with Gasteiger partial charge in [0.2, 0.25) is 0 Å². The smallest absolute Gasteiger partial charge is 0.0843 e. The molecule has 0 aliphatic carbocycles. The fraction of sp³-hybridized carbons (Fsp3) is 0.286. The lowest BCUT2D eigenvalue weighted by atomic mass is 10.1. The van der Waals surface area contributed by atoms with Crippen LogP contribution in [0.25, 0.3) is 0 Å². The molecule has 1 aromatic heterocycles. The second-order valence-corrected chi connectivity index (χ2v) is 9.66. The normalized spacial score (nSPS) is 12.7. The van der Waals surface area contributed by atoms with Gasteiger partial charge in [-0.3, -0.25) is 0 Å². The van der Waals surface area contributed by atoms with E-state index in [9.17, 15) is 0 Å². The number of rotatable bonds is 5. The number of hydrogen-bond acceptors (Lipinski definition) is 2. The molecule has 108 valence electrons. The quantitative estimate of drug-likeness (QED) is 0.379. The van der Waals surface area contributed by atoms with Crippen molar-refractivity contribution in [1.82, 2.24) is 5.32 Å². The maximum Gasteiger partial charge on any atom is 0.0843 e. The van der Waals surface area contributed by atoms with Gasteiger partial charge in [0.1, 0.15) is 0 Å². The van der Waals surface area contributed by atoms with Crippen LogP contribution < -0.4 is 5.32 Å². The van der Waals surface area contributed by atoms with E-state index in [0.29, 0.717) is 0 Å². The van der Waals surface area contributed by atoms with Crippen molar-refractivity contribution in [3.05, 3.63) is 51.0 Å². The van der Waals surface area contributed by atoms with E-state index < -0.39 is 0 Å². The van der Waals surface area contributed by atoms with Gasteiger partial charge in [-0.05, 0) is 97.2 Å². The van der Waals surface area contributed by atoms with Gasteiger partial charge in [-0.25, -0.2) is 0 Å². The molecule has 6 heteroatoms. The van der Waals surface area contributed by atoms with Crippen LogP contribution in [0, 0.1) is 3.57 Å².